The van der Waals surface area contributed by atoms with Gasteiger partial charge in [-0.05, 0) is 48.9 Å². The molecular formula is C41H27N5. The molecule has 6 aromatic carbocycles. The molecule has 0 spiro atoms. The van der Waals surface area contributed by atoms with Crippen LogP contribution in [0.25, 0.3) is 83.0 Å². The van der Waals surface area contributed by atoms with Crippen molar-refractivity contribution in [1.29, 1.82) is 0 Å². The standard InChI is InChI=1S/C41H27N5/c1-26-22-23-32-31-16-6-11-21-37(31)46(38(32)24-26)41-42-39(44-33-17-7-2-12-27(33)28-13-3-8-18-34(28)44)25-40(43-41)45-35-19-9-4-14-29(35)30-15-5-10-20-36(30)45/h2-25H,1H3. The van der Waals surface area contributed by atoms with Crippen LogP contribution in [0.5, 0.6) is 0 Å². The van der Waals surface area contributed by atoms with Crippen LogP contribution in [0, 0.1) is 6.92 Å². The molecule has 0 amide bonds. The van der Waals surface area contributed by atoms with E-state index in [4.69, 9.17) is 9.97 Å². The van der Waals surface area contributed by atoms with Crippen LogP contribution in [0.1, 0.15) is 5.56 Å². The van der Waals surface area contributed by atoms with Crippen LogP contribution in [0.3, 0.4) is 0 Å². The van der Waals surface area contributed by atoms with E-state index in [1.807, 2.05) is 0 Å². The van der Waals surface area contributed by atoms with Crippen molar-refractivity contribution in [3.05, 3.63) is 151 Å². The minimum atomic E-state index is 0.632. The zero-order valence-corrected chi connectivity index (χ0v) is 25.1. The van der Waals surface area contributed by atoms with E-state index < -0.39 is 0 Å². The van der Waals surface area contributed by atoms with Crippen LogP contribution < -0.4 is 0 Å². The van der Waals surface area contributed by atoms with Gasteiger partial charge in [-0.3, -0.25) is 13.7 Å². The Morgan fingerprint density at radius 1 is 0.348 bits per heavy atom. The Labute approximate surface area is 264 Å². The predicted molar refractivity (Wildman–Crippen MR) is 190 cm³/mol. The van der Waals surface area contributed by atoms with Gasteiger partial charge in [-0.25, -0.2) is 0 Å². The van der Waals surface area contributed by atoms with Crippen molar-refractivity contribution in [2.45, 2.75) is 6.92 Å². The zero-order valence-electron chi connectivity index (χ0n) is 25.1. The summed E-state index contributed by atoms with van der Waals surface area (Å²) < 4.78 is 6.80. The molecule has 0 bridgehead atoms. The average molecular weight is 590 g/mol. The first-order valence-corrected chi connectivity index (χ1v) is 15.6. The summed E-state index contributed by atoms with van der Waals surface area (Å²) in [5, 5.41) is 7.16. The lowest BCUT2D eigenvalue weighted by molar-refractivity contribution is 0.918. The second kappa shape index (κ2) is 9.40. The second-order valence-electron chi connectivity index (χ2n) is 12.0. The van der Waals surface area contributed by atoms with E-state index in [0.717, 1.165) is 44.7 Å². The molecule has 0 aliphatic rings. The number of rotatable bonds is 3. The van der Waals surface area contributed by atoms with Crippen molar-refractivity contribution in [2.75, 3.05) is 0 Å². The molecular weight excluding hydrogens is 562 g/mol. The lowest BCUT2D eigenvalue weighted by Gasteiger charge is -2.15. The highest BCUT2D eigenvalue weighted by atomic mass is 15.2. The van der Waals surface area contributed by atoms with Crippen LogP contribution >= 0.6 is 0 Å². The Morgan fingerprint density at radius 2 is 0.696 bits per heavy atom. The van der Waals surface area contributed by atoms with Gasteiger partial charge in [0.1, 0.15) is 11.6 Å². The molecule has 0 fully saturated rings. The summed E-state index contributed by atoms with van der Waals surface area (Å²) in [4.78, 5) is 10.8. The summed E-state index contributed by atoms with van der Waals surface area (Å²) in [6.07, 6.45) is 0. The van der Waals surface area contributed by atoms with Crippen molar-refractivity contribution >= 4 is 65.4 Å². The first-order valence-electron chi connectivity index (χ1n) is 15.6. The van der Waals surface area contributed by atoms with Gasteiger partial charge < -0.3 is 0 Å². The van der Waals surface area contributed by atoms with Crippen molar-refractivity contribution < 1.29 is 0 Å². The Bertz CT molecular complexity index is 2590. The predicted octanol–water partition coefficient (Wildman–Crippen LogP) is 10.1. The molecule has 46 heavy (non-hydrogen) atoms. The highest BCUT2D eigenvalue weighted by Gasteiger charge is 2.21. The van der Waals surface area contributed by atoms with Crippen molar-refractivity contribution in [3.8, 4) is 17.6 Å². The molecule has 216 valence electrons. The molecule has 5 heteroatoms. The third kappa shape index (κ3) is 3.45. The summed E-state index contributed by atoms with van der Waals surface area (Å²) in [6.45, 7) is 2.14. The van der Waals surface area contributed by atoms with Gasteiger partial charge in [0.15, 0.2) is 0 Å². The average Bonchev–Trinajstić information content (AvgIpc) is 3.73. The molecule has 0 saturated carbocycles. The van der Waals surface area contributed by atoms with Crippen LogP contribution in [-0.4, -0.2) is 23.7 Å². The number of hydrogen-bond donors (Lipinski definition) is 0. The number of aryl methyl sites for hydroxylation is 1. The summed E-state index contributed by atoms with van der Waals surface area (Å²) in [6, 6.07) is 51.7. The highest BCUT2D eigenvalue weighted by Crippen LogP contribution is 2.36. The molecule has 0 saturated heterocycles. The van der Waals surface area contributed by atoms with Gasteiger partial charge in [0.05, 0.1) is 33.1 Å². The normalized spacial score (nSPS) is 12.0. The van der Waals surface area contributed by atoms with E-state index in [2.05, 4.69) is 166 Å². The smallest absolute Gasteiger partial charge is 0.238 e. The zero-order chi connectivity index (χ0) is 30.4. The topological polar surface area (TPSA) is 40.6 Å². The van der Waals surface area contributed by atoms with E-state index in [1.54, 1.807) is 0 Å². The Balaban J connectivity index is 1.39. The van der Waals surface area contributed by atoms with Crippen LogP contribution in [-0.2, 0) is 0 Å². The molecule has 0 atom stereocenters. The lowest BCUT2D eigenvalue weighted by atomic mass is 10.1. The van der Waals surface area contributed by atoms with Crippen molar-refractivity contribution in [1.82, 2.24) is 23.7 Å². The number of aromatic nitrogens is 5. The van der Waals surface area contributed by atoms with Gasteiger partial charge in [0.25, 0.3) is 0 Å². The van der Waals surface area contributed by atoms with Crippen LogP contribution in [0.15, 0.2) is 146 Å². The fourth-order valence-corrected chi connectivity index (χ4v) is 7.37. The maximum atomic E-state index is 5.42. The van der Waals surface area contributed by atoms with E-state index >= 15 is 0 Å². The quantitative estimate of drug-likeness (QED) is 0.206. The minimum Gasteiger partial charge on any atom is -0.294 e. The van der Waals surface area contributed by atoms with E-state index in [-0.39, 0.29) is 0 Å². The third-order valence-corrected chi connectivity index (χ3v) is 9.33. The third-order valence-electron chi connectivity index (χ3n) is 9.33. The minimum absolute atomic E-state index is 0.632. The first kappa shape index (κ1) is 25.2. The number of hydrogen-bond acceptors (Lipinski definition) is 2. The molecule has 4 heterocycles. The Hall–Kier alpha value is -6.20. The fourth-order valence-electron chi connectivity index (χ4n) is 7.37. The SMILES string of the molecule is Cc1ccc2c3ccccc3n(-c3nc(-n4c5ccccc5c5ccccc54)cc(-n4c5ccccc5c5ccccc54)n3)c2c1. The van der Waals surface area contributed by atoms with Crippen molar-refractivity contribution in [2.24, 2.45) is 0 Å². The summed E-state index contributed by atoms with van der Waals surface area (Å²) >= 11 is 0. The largest absolute Gasteiger partial charge is 0.294 e. The maximum Gasteiger partial charge on any atom is 0.238 e. The summed E-state index contributed by atoms with van der Waals surface area (Å²) in [7, 11) is 0. The Kier molecular flexibility index (Phi) is 5.14. The molecule has 0 N–H and O–H groups in total. The molecule has 10 aromatic rings. The second-order valence-corrected chi connectivity index (χ2v) is 12.0. The fraction of sp³-hybridized carbons (Fsp3) is 0.0244. The molecule has 10 rings (SSSR count). The molecule has 0 unspecified atom stereocenters. The molecule has 5 nitrogen and oxygen atoms in total. The Morgan fingerprint density at radius 3 is 1.11 bits per heavy atom. The first-order chi connectivity index (χ1) is 22.7. The van der Waals surface area contributed by atoms with Gasteiger partial charge in [-0.15, -0.1) is 0 Å². The van der Waals surface area contributed by atoms with Crippen LogP contribution in [0.2, 0.25) is 0 Å². The number of nitrogens with zero attached hydrogens (tertiary/aromatic N) is 5. The molecule has 0 radical (unpaired) electrons. The lowest BCUT2D eigenvalue weighted by Crippen LogP contribution is -2.10. The highest BCUT2D eigenvalue weighted by molar-refractivity contribution is 6.11. The maximum absolute atomic E-state index is 5.42. The number of benzene rings is 6. The summed E-state index contributed by atoms with van der Waals surface area (Å²) in [5.41, 5.74) is 7.81. The van der Waals surface area contributed by atoms with Gasteiger partial charge >= 0.3 is 0 Å². The monoisotopic (exact) mass is 589 g/mol. The van der Waals surface area contributed by atoms with Gasteiger partial charge in [-0.2, -0.15) is 9.97 Å². The number of para-hydroxylation sites is 5. The van der Waals surface area contributed by atoms with Gasteiger partial charge in [0, 0.05) is 38.4 Å². The molecule has 0 aliphatic carbocycles. The molecule has 4 aromatic heterocycles. The van der Waals surface area contributed by atoms with E-state index in [1.165, 1.54) is 37.9 Å². The van der Waals surface area contributed by atoms with Crippen molar-refractivity contribution in [3.63, 3.8) is 0 Å². The molecule has 0 aliphatic heterocycles. The van der Waals surface area contributed by atoms with Gasteiger partial charge in [-0.1, -0.05) is 103 Å². The van der Waals surface area contributed by atoms with Crippen LogP contribution in [0.4, 0.5) is 0 Å². The van der Waals surface area contributed by atoms with E-state index in [9.17, 15) is 0 Å². The van der Waals surface area contributed by atoms with E-state index in [0.29, 0.717) is 5.95 Å². The number of fused-ring (bicyclic) bond motifs is 9. The van der Waals surface area contributed by atoms with Gasteiger partial charge in [0.2, 0.25) is 5.95 Å². The summed E-state index contributed by atoms with van der Waals surface area (Å²) in [5.74, 6) is 2.27.